The van der Waals surface area contributed by atoms with Crippen molar-refractivity contribution in [3.05, 3.63) is 58.1 Å². The lowest BCUT2D eigenvalue weighted by Gasteiger charge is -2.31. The molecule has 8 nitrogen and oxygen atoms in total. The zero-order chi connectivity index (χ0) is 29.0. The zero-order valence-corrected chi connectivity index (χ0v) is 25.4. The van der Waals surface area contributed by atoms with E-state index in [0.717, 1.165) is 19.1 Å². The molecule has 0 saturated heterocycles. The van der Waals surface area contributed by atoms with Crippen molar-refractivity contribution in [2.75, 3.05) is 30.3 Å². The van der Waals surface area contributed by atoms with Crippen molar-refractivity contribution >= 4 is 50.7 Å². The third-order valence-electron chi connectivity index (χ3n) is 6.19. The Labute approximate surface area is 242 Å². The highest BCUT2D eigenvalue weighted by atomic mass is 35.5. The van der Waals surface area contributed by atoms with E-state index in [2.05, 4.69) is 5.32 Å². The van der Waals surface area contributed by atoms with Gasteiger partial charge >= 0.3 is 0 Å². The van der Waals surface area contributed by atoms with E-state index in [-0.39, 0.29) is 37.7 Å². The SMILES string of the molecule is CCCCNC(=O)[C@H](CC)N(Cc1c(Cl)cccc1Cl)C(=O)CCCN(c1ccc(OCC)cc1)S(C)(=O)=O. The molecule has 0 fully saturated rings. The summed E-state index contributed by atoms with van der Waals surface area (Å²) in [5.74, 6) is 0.111. The van der Waals surface area contributed by atoms with Crippen LogP contribution >= 0.6 is 23.2 Å². The van der Waals surface area contributed by atoms with Gasteiger partial charge in [-0.2, -0.15) is 0 Å². The smallest absolute Gasteiger partial charge is 0.242 e. The number of ether oxygens (including phenoxy) is 1. The van der Waals surface area contributed by atoms with Gasteiger partial charge in [0.05, 0.1) is 18.6 Å². The third-order valence-corrected chi connectivity index (χ3v) is 8.10. The van der Waals surface area contributed by atoms with E-state index in [1.54, 1.807) is 42.5 Å². The molecule has 2 aromatic carbocycles. The fourth-order valence-electron chi connectivity index (χ4n) is 4.16. The molecule has 0 saturated carbocycles. The second-order valence-electron chi connectivity index (χ2n) is 9.16. The molecule has 2 aromatic rings. The minimum absolute atomic E-state index is 0.0316. The molecule has 2 amide bonds. The van der Waals surface area contributed by atoms with Crippen LogP contribution in [0.2, 0.25) is 10.0 Å². The lowest BCUT2D eigenvalue weighted by molar-refractivity contribution is -0.141. The van der Waals surface area contributed by atoms with Gasteiger partial charge in [-0.15, -0.1) is 0 Å². The van der Waals surface area contributed by atoms with Gasteiger partial charge in [0.2, 0.25) is 21.8 Å². The van der Waals surface area contributed by atoms with Crippen molar-refractivity contribution in [2.24, 2.45) is 0 Å². The summed E-state index contributed by atoms with van der Waals surface area (Å²) in [5, 5.41) is 3.72. The molecule has 1 atom stereocenters. The van der Waals surface area contributed by atoms with Crippen molar-refractivity contribution in [3.8, 4) is 5.75 Å². The minimum atomic E-state index is -3.60. The first-order valence-corrected chi connectivity index (χ1v) is 15.8. The molecule has 0 aliphatic rings. The Morgan fingerprint density at radius 2 is 1.64 bits per heavy atom. The molecule has 0 radical (unpaired) electrons. The summed E-state index contributed by atoms with van der Waals surface area (Å²) in [4.78, 5) is 28.1. The molecule has 0 aliphatic carbocycles. The molecule has 39 heavy (non-hydrogen) atoms. The van der Waals surface area contributed by atoms with Crippen LogP contribution in [0, 0.1) is 0 Å². The molecule has 11 heteroatoms. The average Bonchev–Trinajstić information content (AvgIpc) is 2.88. The topological polar surface area (TPSA) is 96.0 Å². The lowest BCUT2D eigenvalue weighted by Crippen LogP contribution is -2.49. The number of nitrogens with one attached hydrogen (secondary N) is 1. The number of carbonyl (C=O) groups is 2. The quantitative estimate of drug-likeness (QED) is 0.251. The van der Waals surface area contributed by atoms with Gasteiger partial charge in [-0.25, -0.2) is 8.42 Å². The molecule has 0 heterocycles. The second kappa shape index (κ2) is 15.9. The molecule has 0 spiro atoms. The van der Waals surface area contributed by atoms with E-state index >= 15 is 0 Å². The van der Waals surface area contributed by atoms with E-state index < -0.39 is 16.1 Å². The van der Waals surface area contributed by atoms with Gasteiger partial charge in [0.1, 0.15) is 11.8 Å². The molecule has 0 aliphatic heterocycles. The molecule has 1 N–H and O–H groups in total. The van der Waals surface area contributed by atoms with Crippen molar-refractivity contribution in [3.63, 3.8) is 0 Å². The highest BCUT2D eigenvalue weighted by Crippen LogP contribution is 2.28. The van der Waals surface area contributed by atoms with Crippen LogP contribution in [-0.2, 0) is 26.2 Å². The predicted octanol–water partition coefficient (Wildman–Crippen LogP) is 5.66. The largest absolute Gasteiger partial charge is 0.494 e. The van der Waals surface area contributed by atoms with Crippen LogP contribution in [0.25, 0.3) is 0 Å². The van der Waals surface area contributed by atoms with Gasteiger partial charge in [0.25, 0.3) is 0 Å². The first-order chi connectivity index (χ1) is 18.5. The Balaban J connectivity index is 2.24. The third kappa shape index (κ3) is 9.89. The number of hydrogen-bond donors (Lipinski definition) is 1. The second-order valence-corrected chi connectivity index (χ2v) is 11.9. The summed E-state index contributed by atoms with van der Waals surface area (Å²) >= 11 is 12.8. The maximum atomic E-state index is 13.6. The van der Waals surface area contributed by atoms with Crippen LogP contribution < -0.4 is 14.4 Å². The summed E-state index contributed by atoms with van der Waals surface area (Å²) in [6, 6.07) is 11.1. The van der Waals surface area contributed by atoms with Gasteiger partial charge in [-0.05, 0) is 62.6 Å². The van der Waals surface area contributed by atoms with Crippen molar-refractivity contribution in [1.82, 2.24) is 10.2 Å². The fraction of sp³-hybridized carbons (Fsp3) is 0.500. The van der Waals surface area contributed by atoms with Gasteiger partial charge in [0, 0.05) is 41.7 Å². The van der Waals surface area contributed by atoms with Crippen LogP contribution in [0.1, 0.15) is 58.4 Å². The number of hydrogen-bond acceptors (Lipinski definition) is 5. The number of amides is 2. The zero-order valence-electron chi connectivity index (χ0n) is 23.1. The summed E-state index contributed by atoms with van der Waals surface area (Å²) in [6.45, 7) is 6.93. The molecule has 0 unspecified atom stereocenters. The molecular weight excluding hydrogens is 561 g/mol. The number of sulfonamides is 1. The van der Waals surface area contributed by atoms with Gasteiger partial charge in [-0.3, -0.25) is 13.9 Å². The Bertz CT molecular complexity index is 1170. The molecule has 216 valence electrons. The van der Waals surface area contributed by atoms with E-state index in [9.17, 15) is 18.0 Å². The van der Waals surface area contributed by atoms with Gasteiger partial charge in [0.15, 0.2) is 0 Å². The van der Waals surface area contributed by atoms with Crippen LogP contribution in [0.3, 0.4) is 0 Å². The van der Waals surface area contributed by atoms with E-state index in [4.69, 9.17) is 27.9 Å². The van der Waals surface area contributed by atoms with Crippen molar-refractivity contribution in [2.45, 2.75) is 65.5 Å². The standard InChI is InChI=1S/C28H39Cl2N3O5S/c1-5-8-18-31-28(35)26(6-2)32(20-23-24(29)11-9-12-25(23)30)27(34)13-10-19-33(39(4,36)37)21-14-16-22(17-15-21)38-7-3/h9,11-12,14-17,26H,5-8,10,13,18-20H2,1-4H3,(H,31,35)/t26-/m0/s1. The first kappa shape index (κ1) is 32.7. The number of carbonyl (C=O) groups excluding carboxylic acids is 2. The van der Waals surface area contributed by atoms with Gasteiger partial charge in [-0.1, -0.05) is 49.5 Å². The first-order valence-electron chi connectivity index (χ1n) is 13.2. The Morgan fingerprint density at radius 3 is 2.18 bits per heavy atom. The average molecular weight is 601 g/mol. The monoisotopic (exact) mass is 599 g/mol. The molecule has 2 rings (SSSR count). The van der Waals surface area contributed by atoms with Gasteiger partial charge < -0.3 is 15.0 Å². The highest BCUT2D eigenvalue weighted by Gasteiger charge is 2.29. The summed E-state index contributed by atoms with van der Waals surface area (Å²) in [6.07, 6.45) is 3.57. The van der Waals surface area contributed by atoms with E-state index in [1.165, 1.54) is 9.21 Å². The minimum Gasteiger partial charge on any atom is -0.494 e. The molecule has 0 aromatic heterocycles. The van der Waals surface area contributed by atoms with Crippen LogP contribution in [0.5, 0.6) is 5.75 Å². The lowest BCUT2D eigenvalue weighted by atomic mass is 10.1. The van der Waals surface area contributed by atoms with E-state index in [1.807, 2.05) is 20.8 Å². The van der Waals surface area contributed by atoms with Crippen LogP contribution in [0.4, 0.5) is 5.69 Å². The number of anilines is 1. The Hall–Kier alpha value is -2.49. The Morgan fingerprint density at radius 1 is 1.00 bits per heavy atom. The molecular formula is C28H39Cl2N3O5S. The normalized spacial score (nSPS) is 12.1. The Kier molecular flexibility index (Phi) is 13.4. The highest BCUT2D eigenvalue weighted by molar-refractivity contribution is 7.92. The number of nitrogens with zero attached hydrogens (tertiary/aromatic N) is 2. The van der Waals surface area contributed by atoms with Crippen molar-refractivity contribution in [1.29, 1.82) is 0 Å². The predicted molar refractivity (Wildman–Crippen MR) is 158 cm³/mol. The van der Waals surface area contributed by atoms with Crippen LogP contribution in [0.15, 0.2) is 42.5 Å². The van der Waals surface area contributed by atoms with E-state index in [0.29, 0.717) is 46.6 Å². The number of rotatable bonds is 16. The summed E-state index contributed by atoms with van der Waals surface area (Å²) < 4.78 is 31.8. The number of benzene rings is 2. The summed E-state index contributed by atoms with van der Waals surface area (Å²) in [5.41, 5.74) is 1.04. The fourth-order valence-corrected chi connectivity index (χ4v) is 5.64. The summed E-state index contributed by atoms with van der Waals surface area (Å²) in [7, 11) is -3.60. The van der Waals surface area contributed by atoms with Crippen LogP contribution in [-0.4, -0.2) is 57.1 Å². The maximum absolute atomic E-state index is 13.6. The van der Waals surface area contributed by atoms with Crippen molar-refractivity contribution < 1.29 is 22.7 Å². The number of unbranched alkanes of at least 4 members (excludes halogenated alkanes) is 1. The maximum Gasteiger partial charge on any atom is 0.242 e. The molecule has 0 bridgehead atoms. The number of halogens is 2.